The first kappa shape index (κ1) is 13.3. The number of ether oxygens (including phenoxy) is 1. The molecule has 0 radical (unpaired) electrons. The smallest absolute Gasteiger partial charge is 0.197 e. The Morgan fingerprint density at radius 3 is 2.90 bits per heavy atom. The minimum absolute atomic E-state index is 0.103. The van der Waals surface area contributed by atoms with Crippen LogP contribution in [0.15, 0.2) is 40.3 Å². The number of carbonyl (C=O) groups is 1. The van der Waals surface area contributed by atoms with Crippen molar-refractivity contribution in [2.75, 3.05) is 0 Å². The molecule has 0 saturated heterocycles. The number of rotatable bonds is 2. The van der Waals surface area contributed by atoms with Gasteiger partial charge in [0.25, 0.3) is 0 Å². The fraction of sp³-hybridized carbons (Fsp3) is 0.286. The van der Waals surface area contributed by atoms with Crippen LogP contribution in [0.25, 0.3) is 0 Å². The summed E-state index contributed by atoms with van der Waals surface area (Å²) in [6, 6.07) is 3.91. The van der Waals surface area contributed by atoms with Crippen molar-refractivity contribution < 1.29 is 9.53 Å². The first-order valence-electron chi connectivity index (χ1n) is 6.36. The monoisotopic (exact) mass is 306 g/mol. The highest BCUT2D eigenvalue weighted by molar-refractivity contribution is 7.80. The number of hydrogen-bond acceptors (Lipinski definition) is 5. The van der Waals surface area contributed by atoms with Gasteiger partial charge in [0.1, 0.15) is 10.7 Å². The zero-order valence-corrected chi connectivity index (χ0v) is 12.4. The van der Waals surface area contributed by atoms with E-state index >= 15 is 0 Å². The maximum Gasteiger partial charge on any atom is 0.197 e. The number of hydrogen-bond donors (Lipinski definition) is 2. The first-order chi connectivity index (χ1) is 9.59. The van der Waals surface area contributed by atoms with E-state index in [1.807, 2.05) is 17.5 Å². The molecule has 0 amide bonds. The molecular weight excluding hydrogens is 292 g/mol. The van der Waals surface area contributed by atoms with E-state index in [9.17, 15) is 4.79 Å². The third kappa shape index (κ3) is 2.05. The van der Waals surface area contributed by atoms with E-state index in [1.54, 1.807) is 11.3 Å². The summed E-state index contributed by atoms with van der Waals surface area (Å²) in [5, 5.41) is 1.96. The molecule has 1 aromatic rings. The van der Waals surface area contributed by atoms with Crippen molar-refractivity contribution in [2.45, 2.75) is 25.2 Å². The van der Waals surface area contributed by atoms with Crippen molar-refractivity contribution in [3.63, 3.8) is 0 Å². The molecule has 1 aliphatic heterocycles. The van der Waals surface area contributed by atoms with Crippen LogP contribution in [0, 0.1) is 0 Å². The summed E-state index contributed by atoms with van der Waals surface area (Å²) in [6.45, 7) is 0. The van der Waals surface area contributed by atoms with Crippen LogP contribution >= 0.6 is 23.6 Å². The summed E-state index contributed by atoms with van der Waals surface area (Å²) in [5.41, 5.74) is 13.0. The predicted octanol–water partition coefficient (Wildman–Crippen LogP) is 2.33. The van der Waals surface area contributed by atoms with Crippen molar-refractivity contribution in [3.8, 4) is 0 Å². The average Bonchev–Trinajstić information content (AvgIpc) is 2.90. The van der Waals surface area contributed by atoms with Crippen molar-refractivity contribution in [2.24, 2.45) is 11.5 Å². The molecule has 104 valence electrons. The molecule has 3 rings (SSSR count). The van der Waals surface area contributed by atoms with Gasteiger partial charge in [0, 0.05) is 23.3 Å². The molecule has 20 heavy (non-hydrogen) atoms. The SMILES string of the molecule is NC(=S)C1=C(N)OC2=C(C(=O)CCC2)[C@H]1c1cccs1. The van der Waals surface area contributed by atoms with Gasteiger partial charge in [-0.15, -0.1) is 11.3 Å². The van der Waals surface area contributed by atoms with Crippen LogP contribution in [-0.4, -0.2) is 10.8 Å². The van der Waals surface area contributed by atoms with Gasteiger partial charge in [0.05, 0.1) is 11.5 Å². The van der Waals surface area contributed by atoms with Crippen molar-refractivity contribution in [3.05, 3.63) is 45.2 Å². The molecule has 0 saturated carbocycles. The number of Topliss-reactive ketones (excluding diaryl/α,β-unsaturated/α-hetero) is 1. The molecule has 4 N–H and O–H groups in total. The van der Waals surface area contributed by atoms with Gasteiger partial charge in [-0.3, -0.25) is 4.79 Å². The fourth-order valence-corrected chi connectivity index (χ4v) is 3.80. The topological polar surface area (TPSA) is 78.3 Å². The molecule has 0 aromatic carbocycles. The van der Waals surface area contributed by atoms with E-state index in [1.165, 1.54) is 0 Å². The molecule has 2 aliphatic rings. The molecule has 0 spiro atoms. The van der Waals surface area contributed by atoms with E-state index in [0.29, 0.717) is 23.3 Å². The molecular formula is C14H14N2O2S2. The van der Waals surface area contributed by atoms with E-state index < -0.39 is 0 Å². The normalized spacial score (nSPS) is 22.6. The lowest BCUT2D eigenvalue weighted by atomic mass is 9.80. The van der Waals surface area contributed by atoms with Gasteiger partial charge >= 0.3 is 0 Å². The molecule has 1 aromatic heterocycles. The first-order valence-corrected chi connectivity index (χ1v) is 7.65. The molecule has 1 aliphatic carbocycles. The van der Waals surface area contributed by atoms with E-state index in [-0.39, 0.29) is 22.6 Å². The molecule has 0 bridgehead atoms. The molecule has 2 heterocycles. The zero-order valence-electron chi connectivity index (χ0n) is 10.7. The largest absolute Gasteiger partial charge is 0.445 e. The van der Waals surface area contributed by atoms with Gasteiger partial charge in [0.2, 0.25) is 0 Å². The van der Waals surface area contributed by atoms with Gasteiger partial charge in [0.15, 0.2) is 11.7 Å². The lowest BCUT2D eigenvalue weighted by molar-refractivity contribution is -0.116. The number of thiophene rings is 1. The number of carbonyl (C=O) groups excluding carboxylic acids is 1. The molecule has 0 fully saturated rings. The Balaban J connectivity index is 2.19. The quantitative estimate of drug-likeness (QED) is 0.820. The lowest BCUT2D eigenvalue weighted by Crippen LogP contribution is -2.32. The maximum atomic E-state index is 12.3. The number of allylic oxidation sites excluding steroid dienone is 2. The standard InChI is InChI=1S/C14H14N2O2S2/c15-13-12(14(16)19)11(9-5-2-6-20-9)10-7(17)3-1-4-8(10)18-13/h2,5-6,11H,1,3-4,15H2,(H2,16,19)/t11-/m1/s1. The van der Waals surface area contributed by atoms with Crippen LogP contribution < -0.4 is 11.5 Å². The number of ketones is 1. The van der Waals surface area contributed by atoms with E-state index in [4.69, 9.17) is 28.4 Å². The average molecular weight is 306 g/mol. The van der Waals surface area contributed by atoms with Gasteiger partial charge in [-0.1, -0.05) is 18.3 Å². The molecule has 0 unspecified atom stereocenters. The summed E-state index contributed by atoms with van der Waals surface area (Å²) in [4.78, 5) is 13.5. The fourth-order valence-electron chi connectivity index (χ4n) is 2.74. The van der Waals surface area contributed by atoms with Crippen LogP contribution in [0.3, 0.4) is 0 Å². The Morgan fingerprint density at radius 2 is 2.25 bits per heavy atom. The Hall–Kier alpha value is -1.66. The highest BCUT2D eigenvalue weighted by atomic mass is 32.1. The summed E-state index contributed by atoms with van der Waals surface area (Å²) < 4.78 is 5.62. The second-order valence-electron chi connectivity index (χ2n) is 4.81. The zero-order chi connectivity index (χ0) is 14.3. The summed E-state index contributed by atoms with van der Waals surface area (Å²) in [6.07, 6.45) is 2.06. The summed E-state index contributed by atoms with van der Waals surface area (Å²) in [5.74, 6) is 0.733. The second kappa shape index (κ2) is 5.03. The number of nitrogens with two attached hydrogens (primary N) is 2. The van der Waals surface area contributed by atoms with Gasteiger partial charge in [-0.05, 0) is 17.9 Å². The highest BCUT2D eigenvalue weighted by Crippen LogP contribution is 2.44. The van der Waals surface area contributed by atoms with E-state index in [2.05, 4.69) is 0 Å². The minimum atomic E-state index is -0.274. The Labute approximate surface area is 126 Å². The van der Waals surface area contributed by atoms with Crippen molar-refractivity contribution in [1.29, 1.82) is 0 Å². The van der Waals surface area contributed by atoms with Crippen molar-refractivity contribution >= 4 is 34.3 Å². The lowest BCUT2D eigenvalue weighted by Gasteiger charge is -2.32. The van der Waals surface area contributed by atoms with Crippen LogP contribution in [0.1, 0.15) is 30.1 Å². The van der Waals surface area contributed by atoms with Crippen molar-refractivity contribution in [1.82, 2.24) is 0 Å². The Bertz CT molecular complexity index is 644. The van der Waals surface area contributed by atoms with Gasteiger partial charge in [-0.2, -0.15) is 0 Å². The van der Waals surface area contributed by atoms with Crippen LogP contribution in [0.4, 0.5) is 0 Å². The molecule has 6 heteroatoms. The third-order valence-electron chi connectivity index (χ3n) is 3.58. The summed E-state index contributed by atoms with van der Waals surface area (Å²) >= 11 is 6.67. The highest BCUT2D eigenvalue weighted by Gasteiger charge is 2.39. The van der Waals surface area contributed by atoms with Crippen LogP contribution in [0.2, 0.25) is 0 Å². The van der Waals surface area contributed by atoms with Crippen LogP contribution in [0.5, 0.6) is 0 Å². The predicted molar refractivity (Wildman–Crippen MR) is 82.0 cm³/mol. The summed E-state index contributed by atoms with van der Waals surface area (Å²) in [7, 11) is 0. The maximum absolute atomic E-state index is 12.3. The Kier molecular flexibility index (Phi) is 3.35. The minimum Gasteiger partial charge on any atom is -0.445 e. The van der Waals surface area contributed by atoms with Gasteiger partial charge in [-0.25, -0.2) is 0 Å². The molecule has 1 atom stereocenters. The second-order valence-corrected chi connectivity index (χ2v) is 6.23. The van der Waals surface area contributed by atoms with Gasteiger partial charge < -0.3 is 16.2 Å². The van der Waals surface area contributed by atoms with Crippen LogP contribution in [-0.2, 0) is 9.53 Å². The number of thiocarbonyl (C=S) groups is 1. The van der Waals surface area contributed by atoms with E-state index in [0.717, 1.165) is 17.7 Å². The Morgan fingerprint density at radius 1 is 1.45 bits per heavy atom. The molecule has 4 nitrogen and oxygen atoms in total. The third-order valence-corrected chi connectivity index (χ3v) is 4.73.